The van der Waals surface area contributed by atoms with Gasteiger partial charge in [0.05, 0.1) is 0 Å². The Hall–Kier alpha value is -0.330. The smallest absolute Gasteiger partial charge is 0.198 e. The summed E-state index contributed by atoms with van der Waals surface area (Å²) >= 11 is 0. The molecule has 0 aromatic heterocycles. The minimum absolute atomic E-state index is 0.595. The van der Waals surface area contributed by atoms with E-state index in [0.29, 0.717) is 12.3 Å². The van der Waals surface area contributed by atoms with Crippen molar-refractivity contribution in [2.45, 2.75) is 26.7 Å². The molecule has 1 nitrogen and oxygen atoms in total. The van der Waals surface area contributed by atoms with Crippen LogP contribution in [0.1, 0.15) is 26.7 Å². The normalized spacial score (nSPS) is 9.57. The molecule has 0 saturated carbocycles. The van der Waals surface area contributed by atoms with Crippen LogP contribution < -0.4 is 0 Å². The Kier molecular flexibility index (Phi) is 3.67. The Morgan fingerprint density at radius 1 is 1.57 bits per heavy atom. The molecule has 0 aliphatic carbocycles. The summed E-state index contributed by atoms with van der Waals surface area (Å²) in [4.78, 5) is 9.58. The second-order valence-electron chi connectivity index (χ2n) is 2.08. The van der Waals surface area contributed by atoms with E-state index < -0.39 is 0 Å². The van der Waals surface area contributed by atoms with E-state index in [2.05, 4.69) is 13.8 Å². The fourth-order valence-corrected chi connectivity index (χ4v) is 0.348. The van der Waals surface area contributed by atoms with Gasteiger partial charge in [-0.25, -0.2) is 0 Å². The highest BCUT2D eigenvalue weighted by atomic mass is 16.1. The lowest BCUT2D eigenvalue weighted by Crippen LogP contribution is -1.85. The molecule has 0 aromatic carbocycles. The lowest BCUT2D eigenvalue weighted by molar-refractivity contribution is 0.531. The van der Waals surface area contributed by atoms with Crippen molar-refractivity contribution in [3.8, 4) is 0 Å². The Morgan fingerprint density at radius 2 is 2.14 bits per heavy atom. The zero-order valence-electron chi connectivity index (χ0n) is 4.90. The highest BCUT2D eigenvalue weighted by Crippen LogP contribution is 1.99. The molecule has 41 valence electrons. The summed E-state index contributed by atoms with van der Waals surface area (Å²) < 4.78 is 0. The molecule has 0 aliphatic heterocycles. The molecule has 0 saturated heterocycles. The first-order valence-corrected chi connectivity index (χ1v) is 2.62. The SMILES string of the molecule is CC(C)CC[C]=O. The van der Waals surface area contributed by atoms with Gasteiger partial charge in [-0.15, -0.1) is 0 Å². The number of rotatable bonds is 3. The van der Waals surface area contributed by atoms with E-state index in [4.69, 9.17) is 0 Å². The second-order valence-corrected chi connectivity index (χ2v) is 2.08. The molecule has 0 fully saturated rings. The van der Waals surface area contributed by atoms with Crippen molar-refractivity contribution in [3.63, 3.8) is 0 Å². The van der Waals surface area contributed by atoms with Crippen molar-refractivity contribution in [1.29, 1.82) is 0 Å². The van der Waals surface area contributed by atoms with Crippen molar-refractivity contribution in [2.24, 2.45) is 5.92 Å². The Morgan fingerprint density at radius 3 is 2.29 bits per heavy atom. The van der Waals surface area contributed by atoms with Crippen molar-refractivity contribution < 1.29 is 4.79 Å². The van der Waals surface area contributed by atoms with Gasteiger partial charge in [-0.05, 0) is 12.3 Å². The van der Waals surface area contributed by atoms with Gasteiger partial charge in [0, 0.05) is 6.42 Å². The van der Waals surface area contributed by atoms with Crippen LogP contribution in [0, 0.1) is 5.92 Å². The van der Waals surface area contributed by atoms with Gasteiger partial charge in [-0.1, -0.05) is 13.8 Å². The highest BCUT2D eigenvalue weighted by Gasteiger charge is 1.89. The third-order valence-corrected chi connectivity index (χ3v) is 0.824. The summed E-state index contributed by atoms with van der Waals surface area (Å²) in [7, 11) is 0. The largest absolute Gasteiger partial charge is 0.291 e. The summed E-state index contributed by atoms with van der Waals surface area (Å²) in [5.74, 6) is 0.640. The molecule has 0 N–H and O–H groups in total. The highest BCUT2D eigenvalue weighted by molar-refractivity contribution is 5.50. The van der Waals surface area contributed by atoms with Crippen molar-refractivity contribution in [2.75, 3.05) is 0 Å². The van der Waals surface area contributed by atoms with E-state index in [1.807, 2.05) is 6.29 Å². The molecule has 0 rings (SSSR count). The maximum absolute atomic E-state index is 9.58. The van der Waals surface area contributed by atoms with E-state index in [9.17, 15) is 4.79 Å². The van der Waals surface area contributed by atoms with Crippen LogP contribution in [0.4, 0.5) is 0 Å². The van der Waals surface area contributed by atoms with Crippen LogP contribution in [0.25, 0.3) is 0 Å². The van der Waals surface area contributed by atoms with Gasteiger partial charge in [-0.2, -0.15) is 0 Å². The molecule has 0 aromatic rings. The van der Waals surface area contributed by atoms with E-state index in [1.54, 1.807) is 0 Å². The fourth-order valence-electron chi connectivity index (χ4n) is 0.348. The van der Waals surface area contributed by atoms with E-state index in [-0.39, 0.29) is 0 Å². The zero-order valence-corrected chi connectivity index (χ0v) is 4.90. The topological polar surface area (TPSA) is 17.1 Å². The molecule has 0 bridgehead atoms. The first kappa shape index (κ1) is 6.67. The van der Waals surface area contributed by atoms with Crippen LogP contribution in [0.15, 0.2) is 0 Å². The standard InChI is InChI=1S/C6H11O/c1-6(2)4-3-5-7/h6H,3-4H2,1-2H3. The van der Waals surface area contributed by atoms with Crippen LogP contribution in [0.2, 0.25) is 0 Å². The third-order valence-electron chi connectivity index (χ3n) is 0.824. The van der Waals surface area contributed by atoms with Gasteiger partial charge in [0.25, 0.3) is 0 Å². The van der Waals surface area contributed by atoms with E-state index in [1.165, 1.54) is 0 Å². The Labute approximate surface area is 44.7 Å². The maximum atomic E-state index is 9.58. The molecule has 0 atom stereocenters. The lowest BCUT2D eigenvalue weighted by Gasteiger charge is -1.94. The predicted molar refractivity (Wildman–Crippen MR) is 29.8 cm³/mol. The van der Waals surface area contributed by atoms with Crippen molar-refractivity contribution in [3.05, 3.63) is 0 Å². The van der Waals surface area contributed by atoms with Gasteiger partial charge in [0.2, 0.25) is 0 Å². The lowest BCUT2D eigenvalue weighted by atomic mass is 10.1. The van der Waals surface area contributed by atoms with Gasteiger partial charge < -0.3 is 0 Å². The maximum Gasteiger partial charge on any atom is 0.198 e. The molecule has 1 heteroatoms. The second kappa shape index (κ2) is 3.85. The van der Waals surface area contributed by atoms with Crippen LogP contribution in [-0.2, 0) is 4.79 Å². The molecular weight excluding hydrogens is 88.1 g/mol. The summed E-state index contributed by atoms with van der Waals surface area (Å²) in [6.45, 7) is 4.19. The van der Waals surface area contributed by atoms with Crippen molar-refractivity contribution in [1.82, 2.24) is 0 Å². The third kappa shape index (κ3) is 5.67. The van der Waals surface area contributed by atoms with E-state index >= 15 is 0 Å². The zero-order chi connectivity index (χ0) is 5.70. The molecule has 0 heterocycles. The molecule has 0 amide bonds. The Bertz CT molecular complexity index is 48.1. The van der Waals surface area contributed by atoms with E-state index in [0.717, 1.165) is 6.42 Å². The van der Waals surface area contributed by atoms with Crippen LogP contribution in [0.3, 0.4) is 0 Å². The summed E-state index contributed by atoms with van der Waals surface area (Å²) in [6, 6.07) is 0. The van der Waals surface area contributed by atoms with Gasteiger partial charge in [0.15, 0.2) is 6.29 Å². The van der Waals surface area contributed by atoms with Gasteiger partial charge in [0.1, 0.15) is 0 Å². The molecule has 0 unspecified atom stereocenters. The van der Waals surface area contributed by atoms with Crippen LogP contribution in [-0.4, -0.2) is 6.29 Å². The van der Waals surface area contributed by atoms with Gasteiger partial charge >= 0.3 is 0 Å². The quantitative estimate of drug-likeness (QED) is 0.524. The average Bonchev–Trinajstić information content (AvgIpc) is 1.61. The number of carbonyl (C=O) groups excluding carboxylic acids is 1. The average molecular weight is 99.2 g/mol. The summed E-state index contributed by atoms with van der Waals surface area (Å²) in [6.07, 6.45) is 3.42. The summed E-state index contributed by atoms with van der Waals surface area (Å²) in [5.41, 5.74) is 0. The first-order chi connectivity index (χ1) is 3.27. The molecule has 1 radical (unpaired) electrons. The molecule has 0 aliphatic rings. The van der Waals surface area contributed by atoms with Crippen molar-refractivity contribution >= 4 is 6.29 Å². The first-order valence-electron chi connectivity index (χ1n) is 2.62. The summed E-state index contributed by atoms with van der Waals surface area (Å²) in [5, 5.41) is 0. The molecule has 0 spiro atoms. The minimum Gasteiger partial charge on any atom is -0.291 e. The number of hydrogen-bond acceptors (Lipinski definition) is 1. The van der Waals surface area contributed by atoms with Crippen LogP contribution >= 0.6 is 0 Å². The monoisotopic (exact) mass is 99.1 g/mol. The minimum atomic E-state index is 0.595. The Balaban J connectivity index is 2.81. The number of hydrogen-bond donors (Lipinski definition) is 0. The molecular formula is C6H11O. The van der Waals surface area contributed by atoms with Crippen LogP contribution in [0.5, 0.6) is 0 Å². The fraction of sp³-hybridized carbons (Fsp3) is 0.833. The molecule has 7 heavy (non-hydrogen) atoms. The van der Waals surface area contributed by atoms with Gasteiger partial charge in [-0.3, -0.25) is 4.79 Å². The predicted octanol–water partition coefficient (Wildman–Crippen LogP) is 1.53.